The quantitative estimate of drug-likeness (QED) is 0.206. The fourth-order valence-corrected chi connectivity index (χ4v) is 6.95. The zero-order chi connectivity index (χ0) is 25.8. The minimum absolute atomic E-state index is 0.159. The molecule has 2 heterocycles. The van der Waals surface area contributed by atoms with Crippen molar-refractivity contribution in [3.05, 3.63) is 115 Å². The van der Waals surface area contributed by atoms with Crippen LogP contribution in [0.5, 0.6) is 0 Å². The van der Waals surface area contributed by atoms with Gasteiger partial charge in [-0.15, -0.1) is 22.7 Å². The minimum Gasteiger partial charge on any atom is -0.284 e. The average molecular weight is 523 g/mol. The number of allylic oxidation sites excluding steroid dienone is 2. The lowest BCUT2D eigenvalue weighted by Gasteiger charge is -2.07. The molecule has 2 atom stereocenters. The molecule has 5 rings (SSSR count). The summed E-state index contributed by atoms with van der Waals surface area (Å²) in [4.78, 5) is 14.9. The van der Waals surface area contributed by atoms with E-state index in [9.17, 15) is 0 Å². The highest BCUT2D eigenvalue weighted by molar-refractivity contribution is 7.14. The van der Waals surface area contributed by atoms with Crippen LogP contribution in [-0.2, 0) is 0 Å². The number of hydrogen-bond donors (Lipinski definition) is 0. The Hall–Kier alpha value is -3.08. The maximum Gasteiger partial charge on any atom is 0.0721 e. The van der Waals surface area contributed by atoms with E-state index in [1.165, 1.54) is 59.3 Å². The number of benzene rings is 2. The van der Waals surface area contributed by atoms with Gasteiger partial charge in [-0.1, -0.05) is 60.7 Å². The van der Waals surface area contributed by atoms with Crippen molar-refractivity contribution in [3.8, 4) is 0 Å². The number of nitrogens with zero attached hydrogens (tertiary/aromatic N) is 2. The van der Waals surface area contributed by atoms with Gasteiger partial charge >= 0.3 is 0 Å². The van der Waals surface area contributed by atoms with Crippen LogP contribution in [0.25, 0.3) is 11.1 Å². The second-order valence-electron chi connectivity index (χ2n) is 9.78. The van der Waals surface area contributed by atoms with Crippen LogP contribution in [0.4, 0.5) is 0 Å². The third kappa shape index (κ3) is 5.92. The molecule has 188 valence electrons. The molecule has 0 fully saturated rings. The molecule has 1 aliphatic rings. The van der Waals surface area contributed by atoms with Crippen LogP contribution in [0, 0.1) is 13.8 Å². The van der Waals surface area contributed by atoms with E-state index >= 15 is 0 Å². The Morgan fingerprint density at radius 3 is 1.46 bits per heavy atom. The number of hydrogen-bond acceptors (Lipinski definition) is 4. The van der Waals surface area contributed by atoms with Crippen LogP contribution >= 0.6 is 22.7 Å². The number of thiophene rings is 2. The SMILES string of the molecule is Cc1sc(C=NC(C)c2ccccc2)cc1C1=C(c2cc(C=NC(C)c3ccccc3)sc2C)CCC1. The first-order chi connectivity index (χ1) is 18.0. The first-order valence-electron chi connectivity index (χ1n) is 13.1. The van der Waals surface area contributed by atoms with Gasteiger partial charge in [0.15, 0.2) is 0 Å². The molecule has 0 amide bonds. The Kier molecular flexibility index (Phi) is 7.97. The summed E-state index contributed by atoms with van der Waals surface area (Å²) in [5.74, 6) is 0. The van der Waals surface area contributed by atoms with E-state index in [1.807, 2.05) is 22.7 Å². The highest BCUT2D eigenvalue weighted by Gasteiger charge is 2.22. The van der Waals surface area contributed by atoms with Crippen molar-refractivity contribution in [2.45, 2.75) is 59.0 Å². The standard InChI is InChI=1S/C33H34N2S2/c1-22(26-12-7-5-8-13-26)34-20-28-18-32(24(3)36-28)30-16-11-17-31(30)33-19-29(37-25(33)4)21-35-23(2)27-14-9-6-10-15-27/h5-10,12-15,18-23H,11,16-17H2,1-4H3. The van der Waals surface area contributed by atoms with E-state index < -0.39 is 0 Å². The van der Waals surface area contributed by atoms with Crippen molar-refractivity contribution >= 4 is 46.2 Å². The lowest BCUT2D eigenvalue weighted by atomic mass is 9.97. The minimum atomic E-state index is 0.159. The molecule has 4 heteroatoms. The number of rotatable bonds is 8. The molecule has 2 nitrogen and oxygen atoms in total. The van der Waals surface area contributed by atoms with Crippen LogP contribution in [0.3, 0.4) is 0 Å². The molecule has 0 spiro atoms. The van der Waals surface area contributed by atoms with Crippen molar-refractivity contribution in [2.75, 3.05) is 0 Å². The second kappa shape index (κ2) is 11.5. The average Bonchev–Trinajstić information content (AvgIpc) is 3.64. The summed E-state index contributed by atoms with van der Waals surface area (Å²) >= 11 is 3.70. The molecule has 37 heavy (non-hydrogen) atoms. The summed E-state index contributed by atoms with van der Waals surface area (Å²) < 4.78 is 0. The molecule has 4 aromatic rings. The zero-order valence-electron chi connectivity index (χ0n) is 22.1. The van der Waals surface area contributed by atoms with E-state index in [1.54, 1.807) is 0 Å². The van der Waals surface area contributed by atoms with Gasteiger partial charge in [0.25, 0.3) is 0 Å². The summed E-state index contributed by atoms with van der Waals surface area (Å²) in [6, 6.07) is 26.0. The topological polar surface area (TPSA) is 24.7 Å². The van der Waals surface area contributed by atoms with Gasteiger partial charge in [0, 0.05) is 31.9 Å². The Labute approximate surface area is 229 Å². The van der Waals surface area contributed by atoms with Crippen molar-refractivity contribution < 1.29 is 0 Å². The molecule has 1 aliphatic carbocycles. The van der Waals surface area contributed by atoms with Crippen LogP contribution < -0.4 is 0 Å². The fourth-order valence-electron chi connectivity index (χ4n) is 5.08. The van der Waals surface area contributed by atoms with E-state index in [2.05, 4.69) is 113 Å². The lowest BCUT2D eigenvalue weighted by Crippen LogP contribution is -1.90. The highest BCUT2D eigenvalue weighted by Crippen LogP contribution is 2.44. The summed E-state index contributed by atoms with van der Waals surface area (Å²) in [6.07, 6.45) is 7.64. The molecular weight excluding hydrogens is 489 g/mol. The largest absolute Gasteiger partial charge is 0.284 e. The second-order valence-corrected chi connectivity index (χ2v) is 12.4. The summed E-state index contributed by atoms with van der Waals surface area (Å²) in [5, 5.41) is 0. The third-order valence-corrected chi connectivity index (χ3v) is 9.13. The Morgan fingerprint density at radius 2 is 1.05 bits per heavy atom. The molecule has 2 aromatic carbocycles. The Morgan fingerprint density at radius 1 is 0.649 bits per heavy atom. The molecular formula is C33H34N2S2. The van der Waals surface area contributed by atoms with Crippen molar-refractivity contribution in [2.24, 2.45) is 9.98 Å². The van der Waals surface area contributed by atoms with Crippen molar-refractivity contribution in [1.82, 2.24) is 0 Å². The lowest BCUT2D eigenvalue weighted by molar-refractivity contribution is 0.825. The Bertz CT molecular complexity index is 1330. The van der Waals surface area contributed by atoms with E-state index in [0.29, 0.717) is 0 Å². The predicted octanol–water partition coefficient (Wildman–Crippen LogP) is 9.88. The van der Waals surface area contributed by atoms with Crippen LogP contribution in [0.2, 0.25) is 0 Å². The maximum absolute atomic E-state index is 4.85. The first kappa shape index (κ1) is 25.6. The summed E-state index contributed by atoms with van der Waals surface area (Å²) in [7, 11) is 0. The third-order valence-electron chi connectivity index (χ3n) is 7.16. The van der Waals surface area contributed by atoms with Crippen molar-refractivity contribution in [1.29, 1.82) is 0 Å². The van der Waals surface area contributed by atoms with Gasteiger partial charge in [-0.05, 0) is 92.5 Å². The molecule has 2 aromatic heterocycles. The molecule has 0 saturated heterocycles. The molecule has 0 saturated carbocycles. The molecule has 0 N–H and O–H groups in total. The predicted molar refractivity (Wildman–Crippen MR) is 164 cm³/mol. The monoisotopic (exact) mass is 522 g/mol. The van der Waals surface area contributed by atoms with Gasteiger partial charge in [0.2, 0.25) is 0 Å². The molecule has 0 bridgehead atoms. The van der Waals surface area contributed by atoms with Gasteiger partial charge in [-0.3, -0.25) is 9.98 Å². The Balaban J connectivity index is 1.38. The van der Waals surface area contributed by atoms with Gasteiger partial charge in [-0.2, -0.15) is 0 Å². The normalized spacial score (nSPS) is 15.8. The molecule has 0 radical (unpaired) electrons. The van der Waals surface area contributed by atoms with Crippen molar-refractivity contribution in [3.63, 3.8) is 0 Å². The molecule has 2 unspecified atom stereocenters. The maximum atomic E-state index is 4.85. The van der Waals surface area contributed by atoms with Gasteiger partial charge < -0.3 is 0 Å². The zero-order valence-corrected chi connectivity index (χ0v) is 23.7. The van der Waals surface area contributed by atoms with Gasteiger partial charge in [0.1, 0.15) is 0 Å². The highest BCUT2D eigenvalue weighted by atomic mass is 32.1. The van der Waals surface area contributed by atoms with Crippen LogP contribution in [0.15, 0.2) is 82.8 Å². The molecule has 0 aliphatic heterocycles. The summed E-state index contributed by atoms with van der Waals surface area (Å²) in [5.41, 5.74) is 8.35. The smallest absolute Gasteiger partial charge is 0.0721 e. The number of aryl methyl sites for hydroxylation is 2. The summed E-state index contributed by atoms with van der Waals surface area (Å²) in [6.45, 7) is 8.83. The van der Waals surface area contributed by atoms with E-state index in [0.717, 1.165) is 12.8 Å². The van der Waals surface area contributed by atoms with E-state index in [4.69, 9.17) is 9.98 Å². The van der Waals surface area contributed by atoms with Gasteiger partial charge in [-0.25, -0.2) is 0 Å². The van der Waals surface area contributed by atoms with Gasteiger partial charge in [0.05, 0.1) is 12.1 Å². The number of aliphatic imine (C=N–C) groups is 2. The fraction of sp³-hybridized carbons (Fsp3) is 0.273. The van der Waals surface area contributed by atoms with Crippen LogP contribution in [0.1, 0.15) is 87.0 Å². The van der Waals surface area contributed by atoms with Crippen LogP contribution in [-0.4, -0.2) is 12.4 Å². The van der Waals surface area contributed by atoms with E-state index in [-0.39, 0.29) is 12.1 Å². The first-order valence-corrected chi connectivity index (χ1v) is 14.7.